The maximum Gasteiger partial charge on any atom is 0.292 e. The van der Waals surface area contributed by atoms with Gasteiger partial charge in [0.25, 0.3) is 5.91 Å². The van der Waals surface area contributed by atoms with Gasteiger partial charge in [0.15, 0.2) is 6.39 Å². The van der Waals surface area contributed by atoms with Crippen molar-refractivity contribution in [2.75, 3.05) is 0 Å². The van der Waals surface area contributed by atoms with Crippen LogP contribution in [0, 0.1) is 0 Å². The summed E-state index contributed by atoms with van der Waals surface area (Å²) < 4.78 is 7.26. The predicted molar refractivity (Wildman–Crippen MR) is 77.8 cm³/mol. The van der Waals surface area contributed by atoms with Gasteiger partial charge in [-0.25, -0.2) is 9.97 Å². The summed E-state index contributed by atoms with van der Waals surface area (Å²) in [5.41, 5.74) is 1.09. The lowest BCUT2D eigenvalue weighted by atomic mass is 10.0. The molecule has 0 aliphatic carbocycles. The molecule has 6 heteroatoms. The lowest BCUT2D eigenvalue weighted by Gasteiger charge is -2.36. The van der Waals surface area contributed by atoms with Gasteiger partial charge < -0.3 is 13.9 Å². The smallest absolute Gasteiger partial charge is 0.292 e. The Balaban J connectivity index is 1.74. The Labute approximate surface area is 127 Å². The van der Waals surface area contributed by atoms with E-state index in [4.69, 9.17) is 4.42 Å². The second-order valence-corrected chi connectivity index (χ2v) is 5.22. The number of carbonyl (C=O) groups excluding carboxylic acids is 1. The van der Waals surface area contributed by atoms with E-state index in [1.165, 1.54) is 12.6 Å². The van der Waals surface area contributed by atoms with E-state index in [2.05, 4.69) is 14.5 Å². The number of fused-ring (bicyclic) bond motifs is 1. The van der Waals surface area contributed by atoms with E-state index in [1.54, 1.807) is 11.1 Å². The Morgan fingerprint density at radius 2 is 2.14 bits per heavy atom. The van der Waals surface area contributed by atoms with Crippen LogP contribution in [0.15, 0.2) is 59.7 Å². The van der Waals surface area contributed by atoms with Gasteiger partial charge in [0.2, 0.25) is 5.76 Å². The molecule has 0 saturated heterocycles. The third-order valence-corrected chi connectivity index (χ3v) is 3.95. The molecule has 1 amide bonds. The number of benzene rings is 1. The zero-order valence-corrected chi connectivity index (χ0v) is 11.8. The maximum atomic E-state index is 12.7. The van der Waals surface area contributed by atoms with Crippen molar-refractivity contribution in [3.63, 3.8) is 0 Å². The van der Waals surface area contributed by atoms with Crippen molar-refractivity contribution >= 4 is 5.91 Å². The van der Waals surface area contributed by atoms with E-state index in [1.807, 2.05) is 36.5 Å². The van der Waals surface area contributed by atoms with Gasteiger partial charge >= 0.3 is 0 Å². The number of hydrogen-bond acceptors (Lipinski definition) is 4. The highest BCUT2D eigenvalue weighted by molar-refractivity contribution is 5.91. The Morgan fingerprint density at radius 3 is 2.91 bits per heavy atom. The van der Waals surface area contributed by atoms with E-state index < -0.39 is 0 Å². The summed E-state index contributed by atoms with van der Waals surface area (Å²) in [6.07, 6.45) is 6.43. The van der Waals surface area contributed by atoms with Crippen LogP contribution in [0.4, 0.5) is 0 Å². The van der Waals surface area contributed by atoms with Crippen LogP contribution in [-0.2, 0) is 13.1 Å². The van der Waals surface area contributed by atoms with Gasteiger partial charge in [-0.2, -0.15) is 0 Å². The lowest BCUT2D eigenvalue weighted by molar-refractivity contribution is 0.0552. The van der Waals surface area contributed by atoms with Crippen LogP contribution >= 0.6 is 0 Å². The summed E-state index contributed by atoms with van der Waals surface area (Å²) in [4.78, 5) is 22.7. The molecule has 0 spiro atoms. The number of rotatable bonds is 2. The molecule has 110 valence electrons. The van der Waals surface area contributed by atoms with E-state index >= 15 is 0 Å². The first-order valence-electron chi connectivity index (χ1n) is 7.07. The molecule has 6 nitrogen and oxygen atoms in total. The van der Waals surface area contributed by atoms with E-state index in [0.717, 1.165) is 11.4 Å². The Hall–Kier alpha value is -2.89. The van der Waals surface area contributed by atoms with Crippen LogP contribution in [-0.4, -0.2) is 25.3 Å². The number of oxazole rings is 1. The quantitative estimate of drug-likeness (QED) is 0.727. The van der Waals surface area contributed by atoms with Crippen molar-refractivity contribution in [1.29, 1.82) is 0 Å². The Bertz CT molecular complexity index is 780. The molecule has 1 atom stereocenters. The highest BCUT2D eigenvalue weighted by Gasteiger charge is 2.33. The van der Waals surface area contributed by atoms with Crippen molar-refractivity contribution in [2.45, 2.75) is 19.1 Å². The fraction of sp³-hybridized carbons (Fsp3) is 0.188. The van der Waals surface area contributed by atoms with E-state index in [0.29, 0.717) is 13.1 Å². The highest BCUT2D eigenvalue weighted by atomic mass is 16.3. The van der Waals surface area contributed by atoms with Gasteiger partial charge in [-0.05, 0) is 5.56 Å². The van der Waals surface area contributed by atoms with Crippen molar-refractivity contribution in [1.82, 2.24) is 19.4 Å². The SMILES string of the molecule is O=C(c1cnco1)N1Cc2nccn2C[C@H]1c1ccccc1. The molecular weight excluding hydrogens is 280 g/mol. The third kappa shape index (κ3) is 2.09. The van der Waals surface area contributed by atoms with Crippen molar-refractivity contribution in [3.05, 3.63) is 72.5 Å². The average molecular weight is 294 g/mol. The molecule has 0 unspecified atom stereocenters. The molecule has 4 rings (SSSR count). The Morgan fingerprint density at radius 1 is 1.27 bits per heavy atom. The normalized spacial score (nSPS) is 17.3. The van der Waals surface area contributed by atoms with Crippen molar-refractivity contribution in [2.24, 2.45) is 0 Å². The van der Waals surface area contributed by atoms with Crippen LogP contribution in [0.3, 0.4) is 0 Å². The highest BCUT2D eigenvalue weighted by Crippen LogP contribution is 2.30. The number of imidazole rings is 1. The summed E-state index contributed by atoms with van der Waals surface area (Å²) in [7, 11) is 0. The van der Waals surface area contributed by atoms with Gasteiger partial charge in [-0.3, -0.25) is 4.79 Å². The average Bonchev–Trinajstić information content (AvgIpc) is 3.25. The van der Waals surface area contributed by atoms with E-state index in [-0.39, 0.29) is 17.7 Å². The summed E-state index contributed by atoms with van der Waals surface area (Å²) in [6, 6.07) is 9.95. The second kappa shape index (κ2) is 5.14. The van der Waals surface area contributed by atoms with Crippen LogP contribution < -0.4 is 0 Å². The molecule has 3 aromatic rings. The number of hydrogen-bond donors (Lipinski definition) is 0. The first kappa shape index (κ1) is 12.8. The van der Waals surface area contributed by atoms with Crippen LogP contribution in [0.1, 0.15) is 28.0 Å². The Kier molecular flexibility index (Phi) is 3.00. The number of carbonyl (C=O) groups is 1. The molecule has 0 bridgehead atoms. The molecule has 1 aliphatic rings. The van der Waals surface area contributed by atoms with E-state index in [9.17, 15) is 4.79 Å². The monoisotopic (exact) mass is 294 g/mol. The fourth-order valence-electron chi connectivity index (χ4n) is 2.84. The van der Waals surface area contributed by atoms with Crippen LogP contribution in [0.5, 0.6) is 0 Å². The van der Waals surface area contributed by atoms with Crippen molar-refractivity contribution in [3.8, 4) is 0 Å². The summed E-state index contributed by atoms with van der Waals surface area (Å²) in [6.45, 7) is 1.13. The molecule has 0 saturated carbocycles. The first-order chi connectivity index (χ1) is 10.8. The minimum absolute atomic E-state index is 0.0551. The summed E-state index contributed by atoms with van der Waals surface area (Å²) in [5.74, 6) is 0.960. The molecule has 1 aliphatic heterocycles. The van der Waals surface area contributed by atoms with Gasteiger partial charge in [0.05, 0.1) is 18.8 Å². The molecule has 0 N–H and O–H groups in total. The van der Waals surface area contributed by atoms with Gasteiger partial charge in [-0.15, -0.1) is 0 Å². The van der Waals surface area contributed by atoms with Crippen LogP contribution in [0.25, 0.3) is 0 Å². The summed E-state index contributed by atoms with van der Waals surface area (Å²) in [5, 5.41) is 0. The number of amides is 1. The van der Waals surface area contributed by atoms with Crippen LogP contribution in [0.2, 0.25) is 0 Å². The summed E-state index contributed by atoms with van der Waals surface area (Å²) >= 11 is 0. The second-order valence-electron chi connectivity index (χ2n) is 5.22. The predicted octanol–water partition coefficient (Wildman–Crippen LogP) is 2.27. The largest absolute Gasteiger partial charge is 0.438 e. The molecule has 0 fully saturated rings. The molecule has 3 heterocycles. The molecule has 2 aromatic heterocycles. The topological polar surface area (TPSA) is 64.2 Å². The van der Waals surface area contributed by atoms with Crippen molar-refractivity contribution < 1.29 is 9.21 Å². The number of nitrogens with zero attached hydrogens (tertiary/aromatic N) is 4. The van der Waals surface area contributed by atoms with Gasteiger partial charge in [0.1, 0.15) is 5.82 Å². The van der Waals surface area contributed by atoms with Gasteiger partial charge in [0, 0.05) is 18.9 Å². The minimum atomic E-state index is -0.166. The standard InChI is InChI=1S/C16H14N4O2/c21-16(14-8-17-11-22-14)20-10-15-18-6-7-19(15)9-13(20)12-4-2-1-3-5-12/h1-8,11,13H,9-10H2/t13-/m0/s1. The lowest BCUT2D eigenvalue weighted by Crippen LogP contribution is -2.41. The minimum Gasteiger partial charge on any atom is -0.438 e. The zero-order chi connectivity index (χ0) is 14.9. The third-order valence-electron chi connectivity index (χ3n) is 3.95. The fourth-order valence-corrected chi connectivity index (χ4v) is 2.84. The molecule has 22 heavy (non-hydrogen) atoms. The molecular formula is C16H14N4O2. The molecule has 0 radical (unpaired) electrons. The van der Waals surface area contributed by atoms with Gasteiger partial charge in [-0.1, -0.05) is 30.3 Å². The first-order valence-corrected chi connectivity index (χ1v) is 7.07. The number of aromatic nitrogens is 3. The molecule has 1 aromatic carbocycles. The zero-order valence-electron chi connectivity index (χ0n) is 11.8. The maximum absolute atomic E-state index is 12.7.